The first kappa shape index (κ1) is 14.3. The smallest absolute Gasteiger partial charge is 0.241 e. The fraction of sp³-hybridized carbons (Fsp3) is 0.222. The van der Waals surface area contributed by atoms with Gasteiger partial charge in [-0.3, -0.25) is 4.72 Å². The molecule has 0 radical (unpaired) electrons. The van der Waals surface area contributed by atoms with E-state index in [-0.39, 0.29) is 10.7 Å². The van der Waals surface area contributed by atoms with Crippen molar-refractivity contribution in [1.29, 1.82) is 0 Å². The maximum absolute atomic E-state index is 13.4. The average molecular weight is 341 g/mol. The van der Waals surface area contributed by atoms with Crippen LogP contribution in [0.3, 0.4) is 0 Å². The molecule has 0 heterocycles. The molecule has 1 unspecified atom stereocenters. The Morgan fingerprint density at radius 3 is 2.71 bits per heavy atom. The fourth-order valence-electron chi connectivity index (χ4n) is 0.970. The van der Waals surface area contributed by atoms with Gasteiger partial charge in [-0.25, -0.2) is 12.8 Å². The minimum atomic E-state index is -3.83. The van der Waals surface area contributed by atoms with Gasteiger partial charge in [0.25, 0.3) is 0 Å². The van der Waals surface area contributed by atoms with E-state index in [4.69, 9.17) is 5.73 Å². The highest BCUT2D eigenvalue weighted by Gasteiger charge is 2.24. The van der Waals surface area contributed by atoms with E-state index < -0.39 is 21.1 Å². The lowest BCUT2D eigenvalue weighted by Gasteiger charge is -2.14. The maximum Gasteiger partial charge on any atom is 0.241 e. The van der Waals surface area contributed by atoms with Gasteiger partial charge in [0.1, 0.15) is 11.1 Å². The van der Waals surface area contributed by atoms with Crippen molar-refractivity contribution in [2.75, 3.05) is 4.72 Å². The third-order valence-corrected chi connectivity index (χ3v) is 4.73. The summed E-state index contributed by atoms with van der Waals surface area (Å²) in [6.45, 7) is 1.33. The lowest BCUT2D eigenvalue weighted by Crippen LogP contribution is -2.35. The zero-order valence-electron chi connectivity index (χ0n) is 8.78. The predicted octanol–water partition coefficient (Wildman–Crippen LogP) is 2.00. The van der Waals surface area contributed by atoms with Crippen molar-refractivity contribution in [3.63, 3.8) is 0 Å². The summed E-state index contributed by atoms with van der Waals surface area (Å²) in [5.41, 5.74) is 5.10. The molecular formula is C9H10BrFN2O2S2. The van der Waals surface area contributed by atoms with E-state index in [0.717, 1.165) is 6.07 Å². The van der Waals surface area contributed by atoms with Crippen molar-refractivity contribution in [3.05, 3.63) is 28.5 Å². The quantitative estimate of drug-likeness (QED) is 0.822. The number of nitrogens with two attached hydrogens (primary N) is 1. The zero-order chi connectivity index (χ0) is 13.2. The monoisotopic (exact) mass is 340 g/mol. The summed E-state index contributed by atoms with van der Waals surface area (Å²) < 4.78 is 39.5. The highest BCUT2D eigenvalue weighted by atomic mass is 79.9. The second kappa shape index (κ2) is 5.28. The third-order valence-electron chi connectivity index (χ3n) is 2.05. The van der Waals surface area contributed by atoms with Crippen LogP contribution in [0, 0.1) is 5.82 Å². The van der Waals surface area contributed by atoms with Gasteiger partial charge < -0.3 is 5.73 Å². The number of hydrogen-bond donors (Lipinski definition) is 2. The maximum atomic E-state index is 13.4. The number of benzene rings is 1. The molecule has 1 rings (SSSR count). The van der Waals surface area contributed by atoms with Crippen molar-refractivity contribution < 1.29 is 12.8 Å². The molecule has 0 aliphatic carbocycles. The largest absolute Gasteiger partial charge is 0.392 e. The van der Waals surface area contributed by atoms with E-state index in [1.807, 2.05) is 0 Å². The Hall–Kier alpha value is -0.730. The fourth-order valence-corrected chi connectivity index (χ4v) is 2.66. The Kier molecular flexibility index (Phi) is 4.45. The van der Waals surface area contributed by atoms with Crippen LogP contribution in [-0.2, 0) is 10.0 Å². The number of hydrogen-bond acceptors (Lipinski definition) is 3. The topological polar surface area (TPSA) is 72.2 Å². The number of sulfonamides is 1. The van der Waals surface area contributed by atoms with E-state index in [2.05, 4.69) is 32.9 Å². The van der Waals surface area contributed by atoms with Crippen molar-refractivity contribution >= 4 is 48.8 Å². The van der Waals surface area contributed by atoms with Crippen molar-refractivity contribution in [2.45, 2.75) is 12.2 Å². The SMILES string of the molecule is CC(C(N)=S)S(=O)(=O)Nc1cc(Br)ccc1F. The van der Waals surface area contributed by atoms with Crippen molar-refractivity contribution in [1.82, 2.24) is 0 Å². The van der Waals surface area contributed by atoms with Gasteiger partial charge in [-0.2, -0.15) is 0 Å². The molecule has 0 aliphatic heterocycles. The second-order valence-electron chi connectivity index (χ2n) is 3.32. The second-order valence-corrected chi connectivity index (χ2v) is 6.70. The molecule has 1 aromatic carbocycles. The Labute approximate surface area is 113 Å². The predicted molar refractivity (Wildman–Crippen MR) is 72.9 cm³/mol. The van der Waals surface area contributed by atoms with Gasteiger partial charge >= 0.3 is 0 Å². The van der Waals surface area contributed by atoms with E-state index in [1.54, 1.807) is 0 Å². The third kappa shape index (κ3) is 3.62. The summed E-state index contributed by atoms with van der Waals surface area (Å²) in [5.74, 6) is -0.674. The van der Waals surface area contributed by atoms with Crippen LogP contribution in [0.15, 0.2) is 22.7 Å². The number of anilines is 1. The first-order chi connectivity index (χ1) is 7.74. The highest BCUT2D eigenvalue weighted by molar-refractivity contribution is 9.10. The molecule has 1 atom stereocenters. The molecule has 0 amide bonds. The van der Waals surface area contributed by atoms with Crippen LogP contribution >= 0.6 is 28.1 Å². The molecular weight excluding hydrogens is 331 g/mol. The molecule has 17 heavy (non-hydrogen) atoms. The lowest BCUT2D eigenvalue weighted by atomic mass is 10.3. The molecule has 0 aliphatic rings. The van der Waals surface area contributed by atoms with E-state index in [9.17, 15) is 12.8 Å². The molecule has 0 aromatic heterocycles. The number of thiocarbonyl (C=S) groups is 1. The molecule has 3 N–H and O–H groups in total. The summed E-state index contributed by atoms with van der Waals surface area (Å²) in [5, 5.41) is -1.07. The van der Waals surface area contributed by atoms with E-state index in [1.165, 1.54) is 19.1 Å². The van der Waals surface area contributed by atoms with Crippen LogP contribution in [0.4, 0.5) is 10.1 Å². The standard InChI is InChI=1S/C9H10BrFN2O2S2/c1-5(9(12)16)17(14,15)13-8-4-6(10)2-3-7(8)11/h2-5,13H,1H3,(H2,12,16). The van der Waals surface area contributed by atoms with Gasteiger partial charge in [-0.1, -0.05) is 28.1 Å². The van der Waals surface area contributed by atoms with Gasteiger partial charge in [0.05, 0.1) is 10.7 Å². The van der Waals surface area contributed by atoms with E-state index >= 15 is 0 Å². The summed E-state index contributed by atoms with van der Waals surface area (Å²) in [7, 11) is -3.83. The summed E-state index contributed by atoms with van der Waals surface area (Å²) in [4.78, 5) is -0.173. The molecule has 0 fully saturated rings. The summed E-state index contributed by atoms with van der Waals surface area (Å²) in [6, 6.07) is 3.93. The zero-order valence-corrected chi connectivity index (χ0v) is 12.0. The van der Waals surface area contributed by atoms with Gasteiger partial charge in [0.15, 0.2) is 0 Å². The van der Waals surface area contributed by atoms with Gasteiger partial charge in [0, 0.05) is 4.47 Å². The van der Waals surface area contributed by atoms with Gasteiger partial charge in [-0.05, 0) is 25.1 Å². The van der Waals surface area contributed by atoms with Crippen LogP contribution < -0.4 is 10.5 Å². The van der Waals surface area contributed by atoms with Crippen LogP contribution in [0.5, 0.6) is 0 Å². The summed E-state index contributed by atoms with van der Waals surface area (Å²) in [6.07, 6.45) is 0. The van der Waals surface area contributed by atoms with Crippen LogP contribution in [0.25, 0.3) is 0 Å². The normalized spacial score (nSPS) is 13.1. The first-order valence-electron chi connectivity index (χ1n) is 4.50. The van der Waals surface area contributed by atoms with Crippen molar-refractivity contribution in [3.8, 4) is 0 Å². The average Bonchev–Trinajstić information content (AvgIpc) is 2.21. The Morgan fingerprint density at radius 2 is 2.18 bits per heavy atom. The molecule has 0 saturated heterocycles. The van der Waals surface area contributed by atoms with Crippen molar-refractivity contribution in [2.24, 2.45) is 5.73 Å². The molecule has 8 heteroatoms. The molecule has 0 bridgehead atoms. The number of nitrogens with one attached hydrogen (secondary N) is 1. The molecule has 94 valence electrons. The minimum Gasteiger partial charge on any atom is -0.392 e. The number of halogens is 2. The Morgan fingerprint density at radius 1 is 1.59 bits per heavy atom. The Balaban J connectivity index is 3.06. The molecule has 4 nitrogen and oxygen atoms in total. The minimum absolute atomic E-state index is 0.150. The summed E-state index contributed by atoms with van der Waals surface area (Å²) >= 11 is 7.71. The van der Waals surface area contributed by atoms with Crippen LogP contribution in [-0.4, -0.2) is 18.7 Å². The Bertz CT molecular complexity index is 548. The van der Waals surface area contributed by atoms with E-state index in [0.29, 0.717) is 4.47 Å². The molecule has 1 aromatic rings. The molecule has 0 spiro atoms. The first-order valence-corrected chi connectivity index (χ1v) is 7.25. The molecule has 0 saturated carbocycles. The van der Waals surface area contributed by atoms with Gasteiger partial charge in [0.2, 0.25) is 10.0 Å². The van der Waals surface area contributed by atoms with Gasteiger partial charge in [-0.15, -0.1) is 0 Å². The van der Waals surface area contributed by atoms with Crippen LogP contribution in [0.1, 0.15) is 6.92 Å². The lowest BCUT2D eigenvalue weighted by molar-refractivity contribution is 0.596. The van der Waals surface area contributed by atoms with Crippen LogP contribution in [0.2, 0.25) is 0 Å². The highest BCUT2D eigenvalue weighted by Crippen LogP contribution is 2.21. The number of rotatable bonds is 4.